The summed E-state index contributed by atoms with van der Waals surface area (Å²) in [7, 11) is 0.00862. The Balaban J connectivity index is 2.13. The van der Waals surface area contributed by atoms with Crippen molar-refractivity contribution in [1.82, 2.24) is 4.90 Å². The van der Waals surface area contributed by atoms with Gasteiger partial charge in [0.25, 0.3) is 5.91 Å². The number of amides is 1. The van der Waals surface area contributed by atoms with Gasteiger partial charge in [0.05, 0.1) is 25.0 Å². The molecule has 1 aliphatic rings. The zero-order chi connectivity index (χ0) is 16.3. The van der Waals surface area contributed by atoms with Crippen LogP contribution in [-0.2, 0) is 9.84 Å². The van der Waals surface area contributed by atoms with E-state index in [1.165, 1.54) is 13.4 Å². The maximum atomic E-state index is 12.6. The molecule has 0 aliphatic carbocycles. The van der Waals surface area contributed by atoms with Crippen LogP contribution in [0.2, 0.25) is 0 Å². The number of methoxy groups -OCH3 is 2. The molecule has 0 radical (unpaired) electrons. The minimum atomic E-state index is -3.04. The maximum Gasteiger partial charge on any atom is 0.257 e. The lowest BCUT2D eigenvalue weighted by atomic mass is 10.1. The molecule has 7 heteroatoms. The molecule has 2 rings (SSSR count). The Labute approximate surface area is 130 Å². The van der Waals surface area contributed by atoms with Crippen molar-refractivity contribution in [2.75, 3.05) is 33.6 Å². The van der Waals surface area contributed by atoms with E-state index in [1.807, 2.05) is 0 Å². The minimum Gasteiger partial charge on any atom is -0.497 e. The van der Waals surface area contributed by atoms with Crippen LogP contribution >= 0.6 is 0 Å². The van der Waals surface area contributed by atoms with Crippen LogP contribution in [0.3, 0.4) is 0 Å². The topological polar surface area (TPSA) is 72.9 Å². The predicted octanol–water partition coefficient (Wildman–Crippen LogP) is 1.35. The number of rotatable bonds is 4. The second kappa shape index (κ2) is 6.56. The van der Waals surface area contributed by atoms with Gasteiger partial charge in [0.2, 0.25) is 0 Å². The Morgan fingerprint density at radius 2 is 1.82 bits per heavy atom. The third-order valence-electron chi connectivity index (χ3n) is 3.97. The molecule has 0 N–H and O–H groups in total. The summed E-state index contributed by atoms with van der Waals surface area (Å²) in [6, 6.07) is 5.04. The maximum absolute atomic E-state index is 12.6. The molecule has 0 unspecified atom stereocenters. The van der Waals surface area contributed by atoms with Crippen molar-refractivity contribution in [3.63, 3.8) is 0 Å². The molecule has 0 atom stereocenters. The van der Waals surface area contributed by atoms with Crippen LogP contribution in [0.15, 0.2) is 18.2 Å². The Morgan fingerprint density at radius 3 is 2.32 bits per heavy atom. The van der Waals surface area contributed by atoms with Crippen molar-refractivity contribution < 1.29 is 22.7 Å². The first-order valence-electron chi connectivity index (χ1n) is 7.07. The summed E-state index contributed by atoms with van der Waals surface area (Å²) in [5.41, 5.74) is 0.459. The number of likely N-dealkylation sites (tertiary alicyclic amines) is 1. The van der Waals surface area contributed by atoms with Crippen LogP contribution in [0.5, 0.6) is 11.5 Å². The second-order valence-corrected chi connectivity index (χ2v) is 7.71. The lowest BCUT2D eigenvalue weighted by Gasteiger charge is -2.31. The number of benzene rings is 1. The molecule has 1 saturated heterocycles. The van der Waals surface area contributed by atoms with Crippen LogP contribution in [0.25, 0.3) is 0 Å². The highest BCUT2D eigenvalue weighted by molar-refractivity contribution is 7.91. The van der Waals surface area contributed by atoms with Gasteiger partial charge in [-0.05, 0) is 25.0 Å². The largest absolute Gasteiger partial charge is 0.497 e. The molecule has 122 valence electrons. The SMILES string of the molecule is COc1ccc(C(=O)N2CCC(S(C)(=O)=O)CC2)c(OC)c1. The summed E-state index contributed by atoms with van der Waals surface area (Å²) in [4.78, 5) is 14.3. The number of nitrogens with zero attached hydrogens (tertiary/aromatic N) is 1. The van der Waals surface area contributed by atoms with E-state index in [2.05, 4.69) is 0 Å². The Kier molecular flexibility index (Phi) is 4.95. The van der Waals surface area contributed by atoms with E-state index < -0.39 is 9.84 Å². The third kappa shape index (κ3) is 3.52. The van der Waals surface area contributed by atoms with E-state index >= 15 is 0 Å². The Bertz CT molecular complexity index is 648. The minimum absolute atomic E-state index is 0.147. The van der Waals surface area contributed by atoms with Gasteiger partial charge < -0.3 is 14.4 Å². The number of piperidine rings is 1. The summed E-state index contributed by atoms with van der Waals surface area (Å²) >= 11 is 0. The first kappa shape index (κ1) is 16.6. The van der Waals surface area contributed by atoms with Gasteiger partial charge in [-0.15, -0.1) is 0 Å². The van der Waals surface area contributed by atoms with Gasteiger partial charge in [0.1, 0.15) is 21.3 Å². The molecule has 1 fully saturated rings. The van der Waals surface area contributed by atoms with Crippen molar-refractivity contribution in [2.45, 2.75) is 18.1 Å². The summed E-state index contributed by atoms with van der Waals surface area (Å²) < 4.78 is 33.5. The standard InChI is InChI=1S/C15H21NO5S/c1-20-11-4-5-13(14(10-11)21-2)15(17)16-8-6-12(7-9-16)22(3,18)19/h4-5,10,12H,6-9H2,1-3H3. The van der Waals surface area contributed by atoms with Crippen molar-refractivity contribution in [3.8, 4) is 11.5 Å². The molecule has 1 heterocycles. The Hall–Kier alpha value is -1.76. The lowest BCUT2D eigenvalue weighted by Crippen LogP contribution is -2.42. The average molecular weight is 327 g/mol. The van der Waals surface area contributed by atoms with Crippen LogP contribution in [0.1, 0.15) is 23.2 Å². The fourth-order valence-corrected chi connectivity index (χ4v) is 3.70. The van der Waals surface area contributed by atoms with Crippen molar-refractivity contribution in [2.24, 2.45) is 0 Å². The van der Waals surface area contributed by atoms with Gasteiger partial charge >= 0.3 is 0 Å². The van der Waals surface area contributed by atoms with Gasteiger partial charge in [-0.2, -0.15) is 0 Å². The Morgan fingerprint density at radius 1 is 1.18 bits per heavy atom. The number of carbonyl (C=O) groups is 1. The zero-order valence-corrected chi connectivity index (χ0v) is 13.9. The van der Waals surface area contributed by atoms with E-state index in [0.717, 1.165) is 0 Å². The summed E-state index contributed by atoms with van der Waals surface area (Å²) in [6.45, 7) is 0.873. The molecule has 1 aromatic rings. The normalized spacial score (nSPS) is 16.4. The number of hydrogen-bond acceptors (Lipinski definition) is 5. The molecular formula is C15H21NO5S. The van der Waals surface area contributed by atoms with Crippen LogP contribution in [0.4, 0.5) is 0 Å². The van der Waals surface area contributed by atoms with E-state index in [1.54, 1.807) is 30.2 Å². The highest BCUT2D eigenvalue weighted by Crippen LogP contribution is 2.27. The molecule has 6 nitrogen and oxygen atoms in total. The third-order valence-corrected chi connectivity index (χ3v) is 5.66. The van der Waals surface area contributed by atoms with E-state index in [4.69, 9.17) is 9.47 Å². The number of sulfone groups is 1. The molecule has 0 bridgehead atoms. The van der Waals surface area contributed by atoms with Crippen molar-refractivity contribution in [1.29, 1.82) is 0 Å². The molecule has 1 amide bonds. The molecule has 1 aliphatic heterocycles. The summed E-state index contributed by atoms with van der Waals surface area (Å²) in [5.74, 6) is 0.922. The molecule has 22 heavy (non-hydrogen) atoms. The zero-order valence-electron chi connectivity index (χ0n) is 13.0. The van der Waals surface area contributed by atoms with Crippen LogP contribution < -0.4 is 9.47 Å². The smallest absolute Gasteiger partial charge is 0.257 e. The average Bonchev–Trinajstić information content (AvgIpc) is 2.52. The van der Waals surface area contributed by atoms with Crippen molar-refractivity contribution in [3.05, 3.63) is 23.8 Å². The van der Waals surface area contributed by atoms with Crippen LogP contribution in [-0.4, -0.2) is 58.0 Å². The number of hydrogen-bond donors (Lipinski definition) is 0. The quantitative estimate of drug-likeness (QED) is 0.835. The lowest BCUT2D eigenvalue weighted by molar-refractivity contribution is 0.0722. The van der Waals surface area contributed by atoms with Gasteiger partial charge in [-0.25, -0.2) is 8.42 Å². The number of carbonyl (C=O) groups excluding carboxylic acids is 1. The first-order valence-corrected chi connectivity index (χ1v) is 9.02. The molecule has 0 spiro atoms. The predicted molar refractivity (Wildman–Crippen MR) is 83.3 cm³/mol. The van der Waals surface area contributed by atoms with Gasteiger partial charge in [-0.1, -0.05) is 0 Å². The second-order valence-electron chi connectivity index (χ2n) is 5.39. The summed E-state index contributed by atoms with van der Waals surface area (Å²) in [5, 5.41) is -0.352. The van der Waals surface area contributed by atoms with Gasteiger partial charge in [-0.3, -0.25) is 4.79 Å². The van der Waals surface area contributed by atoms with Crippen LogP contribution in [0, 0.1) is 0 Å². The monoisotopic (exact) mass is 327 g/mol. The van der Waals surface area contributed by atoms with E-state index in [-0.39, 0.29) is 11.2 Å². The van der Waals surface area contributed by atoms with E-state index in [9.17, 15) is 13.2 Å². The highest BCUT2D eigenvalue weighted by Gasteiger charge is 2.30. The molecule has 0 saturated carbocycles. The van der Waals surface area contributed by atoms with E-state index in [0.29, 0.717) is 43.0 Å². The number of ether oxygens (including phenoxy) is 2. The van der Waals surface area contributed by atoms with Gasteiger partial charge in [0, 0.05) is 25.4 Å². The summed E-state index contributed by atoms with van der Waals surface area (Å²) in [6.07, 6.45) is 2.20. The molecule has 1 aromatic carbocycles. The molecule has 0 aromatic heterocycles. The molecular weight excluding hydrogens is 306 g/mol. The highest BCUT2D eigenvalue weighted by atomic mass is 32.2. The fraction of sp³-hybridized carbons (Fsp3) is 0.533. The van der Waals surface area contributed by atoms with Crippen molar-refractivity contribution >= 4 is 15.7 Å². The first-order chi connectivity index (χ1) is 10.4. The van der Waals surface area contributed by atoms with Gasteiger partial charge in [0.15, 0.2) is 0 Å². The fourth-order valence-electron chi connectivity index (χ4n) is 2.63.